The molecular formula is C19H28N2O2. The molecule has 0 N–H and O–H groups in total. The molecule has 2 amide bonds. The molecule has 126 valence electrons. The highest BCUT2D eigenvalue weighted by Crippen LogP contribution is 2.14. The van der Waals surface area contributed by atoms with Gasteiger partial charge in [-0.15, -0.1) is 0 Å². The van der Waals surface area contributed by atoms with Crippen LogP contribution >= 0.6 is 0 Å². The quantitative estimate of drug-likeness (QED) is 0.783. The Hall–Kier alpha value is -1.84. The standard InChI is InChI=1S/C19H28N2O2/c1-16(2)21(15-17-10-6-5-7-11-17)19(23)14-18(22)20-12-8-3-4-9-13-20/h5-7,10-11,16H,3-4,8-9,12-15H2,1-2H3. The first-order chi connectivity index (χ1) is 11.1. The lowest BCUT2D eigenvalue weighted by Crippen LogP contribution is -2.41. The maximum Gasteiger partial charge on any atom is 0.232 e. The number of benzene rings is 1. The topological polar surface area (TPSA) is 40.6 Å². The van der Waals surface area contributed by atoms with Gasteiger partial charge < -0.3 is 9.80 Å². The Kier molecular flexibility index (Phi) is 6.63. The molecule has 1 aliphatic rings. The van der Waals surface area contributed by atoms with Crippen LogP contribution in [0, 0.1) is 0 Å². The van der Waals surface area contributed by atoms with E-state index in [0.717, 1.165) is 31.5 Å². The van der Waals surface area contributed by atoms with Crippen molar-refractivity contribution in [2.24, 2.45) is 0 Å². The van der Waals surface area contributed by atoms with Crippen LogP contribution in [0.3, 0.4) is 0 Å². The maximum absolute atomic E-state index is 12.6. The summed E-state index contributed by atoms with van der Waals surface area (Å²) in [5.41, 5.74) is 1.09. The predicted molar refractivity (Wildman–Crippen MR) is 91.8 cm³/mol. The zero-order chi connectivity index (χ0) is 16.7. The van der Waals surface area contributed by atoms with E-state index in [0.29, 0.717) is 6.54 Å². The van der Waals surface area contributed by atoms with E-state index in [2.05, 4.69) is 0 Å². The Morgan fingerprint density at radius 3 is 2.22 bits per heavy atom. The third-order valence-electron chi connectivity index (χ3n) is 4.40. The van der Waals surface area contributed by atoms with Crippen molar-refractivity contribution in [3.05, 3.63) is 35.9 Å². The van der Waals surface area contributed by atoms with Crippen molar-refractivity contribution in [3.63, 3.8) is 0 Å². The molecule has 1 heterocycles. The van der Waals surface area contributed by atoms with E-state index in [1.165, 1.54) is 12.8 Å². The molecular weight excluding hydrogens is 288 g/mol. The van der Waals surface area contributed by atoms with E-state index in [1.54, 1.807) is 4.90 Å². The van der Waals surface area contributed by atoms with E-state index in [4.69, 9.17) is 0 Å². The second kappa shape index (κ2) is 8.70. The van der Waals surface area contributed by atoms with Gasteiger partial charge in [0.2, 0.25) is 11.8 Å². The smallest absolute Gasteiger partial charge is 0.232 e. The Morgan fingerprint density at radius 1 is 1.04 bits per heavy atom. The number of carbonyl (C=O) groups excluding carboxylic acids is 2. The van der Waals surface area contributed by atoms with Gasteiger partial charge in [-0.1, -0.05) is 43.2 Å². The second-order valence-electron chi connectivity index (χ2n) is 6.57. The van der Waals surface area contributed by atoms with Crippen LogP contribution in [0.4, 0.5) is 0 Å². The van der Waals surface area contributed by atoms with Crippen molar-refractivity contribution in [2.45, 2.75) is 58.5 Å². The molecule has 0 spiro atoms. The van der Waals surface area contributed by atoms with Crippen molar-refractivity contribution >= 4 is 11.8 Å². The summed E-state index contributed by atoms with van der Waals surface area (Å²) < 4.78 is 0. The van der Waals surface area contributed by atoms with Gasteiger partial charge in [0.15, 0.2) is 0 Å². The zero-order valence-corrected chi connectivity index (χ0v) is 14.3. The minimum absolute atomic E-state index is 0.00892. The van der Waals surface area contributed by atoms with Crippen molar-refractivity contribution in [1.82, 2.24) is 9.80 Å². The summed E-state index contributed by atoms with van der Waals surface area (Å²) in [6.07, 6.45) is 4.47. The van der Waals surface area contributed by atoms with Gasteiger partial charge in [-0.25, -0.2) is 0 Å². The van der Waals surface area contributed by atoms with Crippen LogP contribution in [0.2, 0.25) is 0 Å². The Morgan fingerprint density at radius 2 is 1.65 bits per heavy atom. The number of likely N-dealkylation sites (tertiary alicyclic amines) is 1. The molecule has 0 atom stereocenters. The van der Waals surface area contributed by atoms with Gasteiger partial charge in [0, 0.05) is 25.7 Å². The summed E-state index contributed by atoms with van der Waals surface area (Å²) in [6.45, 7) is 6.15. The molecule has 0 aromatic heterocycles. The molecule has 23 heavy (non-hydrogen) atoms. The second-order valence-corrected chi connectivity index (χ2v) is 6.57. The van der Waals surface area contributed by atoms with Crippen molar-refractivity contribution < 1.29 is 9.59 Å². The minimum Gasteiger partial charge on any atom is -0.342 e. The molecule has 0 bridgehead atoms. The van der Waals surface area contributed by atoms with E-state index in [-0.39, 0.29) is 24.3 Å². The van der Waals surface area contributed by atoms with Gasteiger partial charge in [-0.05, 0) is 32.3 Å². The fourth-order valence-corrected chi connectivity index (χ4v) is 3.00. The maximum atomic E-state index is 12.6. The normalized spacial score (nSPS) is 15.3. The van der Waals surface area contributed by atoms with Crippen LogP contribution in [0.15, 0.2) is 30.3 Å². The molecule has 0 unspecified atom stereocenters. The first-order valence-electron chi connectivity index (χ1n) is 8.69. The molecule has 4 heteroatoms. The summed E-state index contributed by atoms with van der Waals surface area (Å²) in [7, 11) is 0. The van der Waals surface area contributed by atoms with Crippen molar-refractivity contribution in [3.8, 4) is 0 Å². The van der Waals surface area contributed by atoms with Gasteiger partial charge in [0.1, 0.15) is 6.42 Å². The van der Waals surface area contributed by atoms with Crippen LogP contribution in [0.25, 0.3) is 0 Å². The first kappa shape index (κ1) is 17.5. The van der Waals surface area contributed by atoms with Crippen LogP contribution in [0.5, 0.6) is 0 Å². The first-order valence-corrected chi connectivity index (χ1v) is 8.69. The number of rotatable bonds is 5. The van der Waals surface area contributed by atoms with Crippen LogP contribution in [-0.4, -0.2) is 40.7 Å². The Bertz CT molecular complexity index is 505. The molecule has 0 saturated carbocycles. The SMILES string of the molecule is CC(C)N(Cc1ccccc1)C(=O)CC(=O)N1CCCCCC1. The summed E-state index contributed by atoms with van der Waals surface area (Å²) >= 11 is 0. The molecule has 1 aromatic carbocycles. The molecule has 2 rings (SSSR count). The number of hydrogen-bond donors (Lipinski definition) is 0. The number of hydrogen-bond acceptors (Lipinski definition) is 2. The van der Waals surface area contributed by atoms with Gasteiger partial charge in [-0.2, -0.15) is 0 Å². The van der Waals surface area contributed by atoms with Gasteiger partial charge in [-0.3, -0.25) is 9.59 Å². The minimum atomic E-state index is -0.0712. The lowest BCUT2D eigenvalue weighted by Gasteiger charge is -2.28. The van der Waals surface area contributed by atoms with Crippen molar-refractivity contribution in [1.29, 1.82) is 0 Å². The Labute approximate surface area is 139 Å². The lowest BCUT2D eigenvalue weighted by molar-refractivity contribution is -0.142. The molecule has 1 saturated heterocycles. The number of nitrogens with zero attached hydrogens (tertiary/aromatic N) is 2. The molecule has 1 aromatic rings. The van der Waals surface area contributed by atoms with E-state index in [1.807, 2.05) is 49.1 Å². The monoisotopic (exact) mass is 316 g/mol. The summed E-state index contributed by atoms with van der Waals surface area (Å²) in [4.78, 5) is 28.7. The fraction of sp³-hybridized carbons (Fsp3) is 0.579. The predicted octanol–water partition coefficient (Wildman–Crippen LogP) is 3.22. The largest absolute Gasteiger partial charge is 0.342 e. The molecule has 0 aliphatic carbocycles. The van der Waals surface area contributed by atoms with E-state index in [9.17, 15) is 9.59 Å². The third-order valence-corrected chi connectivity index (χ3v) is 4.40. The van der Waals surface area contributed by atoms with E-state index < -0.39 is 0 Å². The highest BCUT2D eigenvalue weighted by molar-refractivity contribution is 5.97. The van der Waals surface area contributed by atoms with E-state index >= 15 is 0 Å². The Balaban J connectivity index is 1.96. The summed E-state index contributed by atoms with van der Waals surface area (Å²) in [6, 6.07) is 10.0. The molecule has 1 fully saturated rings. The lowest BCUT2D eigenvalue weighted by atomic mass is 10.1. The summed E-state index contributed by atoms with van der Waals surface area (Å²) in [5.74, 6) is -0.0892. The summed E-state index contributed by atoms with van der Waals surface area (Å²) in [5, 5.41) is 0. The molecule has 0 radical (unpaired) electrons. The van der Waals surface area contributed by atoms with Crippen molar-refractivity contribution in [2.75, 3.05) is 13.1 Å². The fourth-order valence-electron chi connectivity index (χ4n) is 3.00. The molecule has 1 aliphatic heterocycles. The van der Waals surface area contributed by atoms with Gasteiger partial charge in [0.25, 0.3) is 0 Å². The average molecular weight is 316 g/mol. The van der Waals surface area contributed by atoms with Crippen LogP contribution in [0.1, 0.15) is 51.5 Å². The highest BCUT2D eigenvalue weighted by atomic mass is 16.2. The average Bonchev–Trinajstić information content (AvgIpc) is 2.82. The zero-order valence-electron chi connectivity index (χ0n) is 14.3. The highest BCUT2D eigenvalue weighted by Gasteiger charge is 2.23. The number of amides is 2. The molecule has 4 nitrogen and oxygen atoms in total. The van der Waals surface area contributed by atoms with Gasteiger partial charge in [0.05, 0.1) is 0 Å². The number of carbonyl (C=O) groups is 2. The third kappa shape index (κ3) is 5.38. The van der Waals surface area contributed by atoms with Crippen LogP contribution < -0.4 is 0 Å². The van der Waals surface area contributed by atoms with Crippen LogP contribution in [-0.2, 0) is 16.1 Å². The van der Waals surface area contributed by atoms with Gasteiger partial charge >= 0.3 is 0 Å².